The van der Waals surface area contributed by atoms with E-state index in [0.29, 0.717) is 28.3 Å². The molecule has 0 saturated carbocycles. The van der Waals surface area contributed by atoms with Crippen molar-refractivity contribution < 1.29 is 9.53 Å². The summed E-state index contributed by atoms with van der Waals surface area (Å²) in [5.41, 5.74) is 0.424. The zero-order valence-corrected chi connectivity index (χ0v) is 12.8. The van der Waals surface area contributed by atoms with Crippen LogP contribution in [0, 0.1) is 0 Å². The van der Waals surface area contributed by atoms with E-state index in [-0.39, 0.29) is 5.91 Å². The first-order valence-corrected chi connectivity index (χ1v) is 7.78. The SMILES string of the molecule is O=C(NCCC[C@H]1CCCCO1)c1cccc(Cl)c1Cl. The first kappa shape index (κ1) is 15.6. The molecule has 20 heavy (non-hydrogen) atoms. The monoisotopic (exact) mass is 315 g/mol. The highest BCUT2D eigenvalue weighted by Crippen LogP contribution is 2.25. The Morgan fingerprint density at radius 2 is 2.20 bits per heavy atom. The van der Waals surface area contributed by atoms with Gasteiger partial charge in [-0.25, -0.2) is 0 Å². The van der Waals surface area contributed by atoms with Crippen LogP contribution in [0.15, 0.2) is 18.2 Å². The Hall–Kier alpha value is -0.770. The van der Waals surface area contributed by atoms with Gasteiger partial charge in [-0.3, -0.25) is 4.79 Å². The molecule has 0 unspecified atom stereocenters. The molecule has 0 aliphatic carbocycles. The number of benzene rings is 1. The summed E-state index contributed by atoms with van der Waals surface area (Å²) < 4.78 is 5.65. The van der Waals surface area contributed by atoms with Gasteiger partial charge in [-0.05, 0) is 44.2 Å². The fraction of sp³-hybridized carbons (Fsp3) is 0.533. The van der Waals surface area contributed by atoms with Crippen LogP contribution in [0.2, 0.25) is 10.0 Å². The number of carbonyl (C=O) groups is 1. The van der Waals surface area contributed by atoms with Crippen molar-refractivity contribution in [3.8, 4) is 0 Å². The minimum atomic E-state index is -0.179. The first-order chi connectivity index (χ1) is 9.68. The van der Waals surface area contributed by atoms with E-state index in [0.717, 1.165) is 25.9 Å². The van der Waals surface area contributed by atoms with E-state index in [9.17, 15) is 4.79 Å². The van der Waals surface area contributed by atoms with Gasteiger partial charge in [0, 0.05) is 13.2 Å². The maximum absolute atomic E-state index is 12.0. The summed E-state index contributed by atoms with van der Waals surface area (Å²) in [4.78, 5) is 12.0. The van der Waals surface area contributed by atoms with Crippen LogP contribution >= 0.6 is 23.2 Å². The molecule has 2 rings (SSSR count). The zero-order chi connectivity index (χ0) is 14.4. The highest BCUT2D eigenvalue weighted by molar-refractivity contribution is 6.43. The van der Waals surface area contributed by atoms with Crippen LogP contribution in [0.25, 0.3) is 0 Å². The molecule has 1 heterocycles. The average molecular weight is 316 g/mol. The molecule has 0 bridgehead atoms. The molecule has 1 amide bonds. The topological polar surface area (TPSA) is 38.3 Å². The number of halogens is 2. The van der Waals surface area contributed by atoms with Gasteiger partial charge in [-0.1, -0.05) is 29.3 Å². The third-order valence-electron chi connectivity index (χ3n) is 3.46. The van der Waals surface area contributed by atoms with Gasteiger partial charge < -0.3 is 10.1 Å². The second-order valence-electron chi connectivity index (χ2n) is 4.99. The number of ether oxygens (including phenoxy) is 1. The number of rotatable bonds is 5. The maximum atomic E-state index is 12.0. The summed E-state index contributed by atoms with van der Waals surface area (Å²) in [5, 5.41) is 3.57. The Morgan fingerprint density at radius 3 is 2.95 bits per heavy atom. The van der Waals surface area contributed by atoms with Crippen molar-refractivity contribution in [3.05, 3.63) is 33.8 Å². The lowest BCUT2D eigenvalue weighted by atomic mass is 10.0. The van der Waals surface area contributed by atoms with Crippen LogP contribution in [0.3, 0.4) is 0 Å². The van der Waals surface area contributed by atoms with E-state index >= 15 is 0 Å². The van der Waals surface area contributed by atoms with E-state index < -0.39 is 0 Å². The summed E-state index contributed by atoms with van der Waals surface area (Å²) in [6.45, 7) is 1.50. The number of carbonyl (C=O) groups excluding carboxylic acids is 1. The van der Waals surface area contributed by atoms with E-state index in [1.54, 1.807) is 18.2 Å². The lowest BCUT2D eigenvalue weighted by molar-refractivity contribution is 0.0102. The molecular weight excluding hydrogens is 297 g/mol. The summed E-state index contributed by atoms with van der Waals surface area (Å²) in [5.74, 6) is -0.179. The van der Waals surface area contributed by atoms with Gasteiger partial charge in [-0.2, -0.15) is 0 Å². The molecule has 0 spiro atoms. The van der Waals surface area contributed by atoms with Crippen LogP contribution in [0.5, 0.6) is 0 Å². The smallest absolute Gasteiger partial charge is 0.252 e. The number of nitrogens with one attached hydrogen (secondary N) is 1. The molecule has 0 radical (unpaired) electrons. The van der Waals surface area contributed by atoms with Crippen molar-refractivity contribution >= 4 is 29.1 Å². The van der Waals surface area contributed by atoms with Gasteiger partial charge in [0.05, 0.1) is 21.7 Å². The molecule has 5 heteroatoms. The van der Waals surface area contributed by atoms with Gasteiger partial charge >= 0.3 is 0 Å². The third-order valence-corrected chi connectivity index (χ3v) is 4.28. The molecule has 1 fully saturated rings. The van der Waals surface area contributed by atoms with Crippen molar-refractivity contribution in [2.75, 3.05) is 13.2 Å². The minimum Gasteiger partial charge on any atom is -0.378 e. The molecule has 1 aromatic rings. The fourth-order valence-corrected chi connectivity index (χ4v) is 2.73. The van der Waals surface area contributed by atoms with Crippen molar-refractivity contribution in [2.45, 2.75) is 38.2 Å². The lowest BCUT2D eigenvalue weighted by Crippen LogP contribution is -2.26. The molecule has 3 nitrogen and oxygen atoms in total. The standard InChI is InChI=1S/C15H19Cl2NO2/c16-13-8-3-7-12(14(13)17)15(19)18-9-4-6-11-5-1-2-10-20-11/h3,7-8,11H,1-2,4-6,9-10H2,(H,18,19)/t11-/m1/s1. The van der Waals surface area contributed by atoms with Gasteiger partial charge in [0.15, 0.2) is 0 Å². The molecule has 1 aliphatic heterocycles. The Labute approximate surface area is 129 Å². The van der Waals surface area contributed by atoms with E-state index in [2.05, 4.69) is 5.32 Å². The normalized spacial score (nSPS) is 18.8. The largest absolute Gasteiger partial charge is 0.378 e. The molecular formula is C15H19Cl2NO2. The third kappa shape index (κ3) is 4.37. The first-order valence-electron chi connectivity index (χ1n) is 7.02. The molecule has 1 N–H and O–H groups in total. The molecule has 0 aromatic heterocycles. The summed E-state index contributed by atoms with van der Waals surface area (Å²) in [7, 11) is 0. The van der Waals surface area contributed by atoms with Crippen molar-refractivity contribution in [1.29, 1.82) is 0 Å². The van der Waals surface area contributed by atoms with Gasteiger partial charge in [0.25, 0.3) is 5.91 Å². The molecule has 1 aliphatic rings. The maximum Gasteiger partial charge on any atom is 0.252 e. The van der Waals surface area contributed by atoms with Crippen LogP contribution in [0.4, 0.5) is 0 Å². The predicted octanol–water partition coefficient (Wildman–Crippen LogP) is 4.07. The highest BCUT2D eigenvalue weighted by atomic mass is 35.5. The summed E-state index contributed by atoms with van der Waals surface area (Å²) in [6.07, 6.45) is 5.80. The van der Waals surface area contributed by atoms with E-state index in [1.807, 2.05) is 0 Å². The molecule has 1 saturated heterocycles. The number of hydrogen-bond donors (Lipinski definition) is 1. The van der Waals surface area contributed by atoms with Gasteiger partial charge in [-0.15, -0.1) is 0 Å². The Balaban J connectivity index is 1.73. The summed E-state index contributed by atoms with van der Waals surface area (Å²) in [6, 6.07) is 5.06. The lowest BCUT2D eigenvalue weighted by Gasteiger charge is -2.22. The predicted molar refractivity (Wildman–Crippen MR) is 81.6 cm³/mol. The second-order valence-corrected chi connectivity index (χ2v) is 5.77. The quantitative estimate of drug-likeness (QED) is 0.832. The van der Waals surface area contributed by atoms with Crippen LogP contribution < -0.4 is 5.32 Å². The van der Waals surface area contributed by atoms with E-state index in [4.69, 9.17) is 27.9 Å². The second kappa shape index (κ2) is 7.87. The number of hydrogen-bond acceptors (Lipinski definition) is 2. The minimum absolute atomic E-state index is 0.179. The van der Waals surface area contributed by atoms with Crippen LogP contribution in [0.1, 0.15) is 42.5 Å². The summed E-state index contributed by atoms with van der Waals surface area (Å²) >= 11 is 11.9. The van der Waals surface area contributed by atoms with E-state index in [1.165, 1.54) is 12.8 Å². The van der Waals surface area contributed by atoms with Gasteiger partial charge in [0.1, 0.15) is 0 Å². The molecule has 1 aromatic carbocycles. The van der Waals surface area contributed by atoms with Crippen LogP contribution in [-0.4, -0.2) is 25.2 Å². The van der Waals surface area contributed by atoms with Crippen molar-refractivity contribution in [1.82, 2.24) is 5.32 Å². The van der Waals surface area contributed by atoms with Crippen molar-refractivity contribution in [3.63, 3.8) is 0 Å². The number of amides is 1. The highest BCUT2D eigenvalue weighted by Gasteiger charge is 2.14. The Bertz CT molecular complexity index is 459. The average Bonchev–Trinajstić information content (AvgIpc) is 2.47. The van der Waals surface area contributed by atoms with Crippen LogP contribution in [-0.2, 0) is 4.74 Å². The fourth-order valence-electron chi connectivity index (χ4n) is 2.34. The Morgan fingerprint density at radius 1 is 1.35 bits per heavy atom. The molecule has 110 valence electrons. The Kier molecular flexibility index (Phi) is 6.14. The van der Waals surface area contributed by atoms with Gasteiger partial charge in [0.2, 0.25) is 0 Å². The zero-order valence-electron chi connectivity index (χ0n) is 11.3. The molecule has 1 atom stereocenters. The van der Waals surface area contributed by atoms with Crippen molar-refractivity contribution in [2.24, 2.45) is 0 Å².